The fraction of sp³-hybridized carbons (Fsp3) is 0.0526. The van der Waals surface area contributed by atoms with E-state index in [1.807, 2.05) is 30.3 Å². The van der Waals surface area contributed by atoms with E-state index in [9.17, 15) is 18.0 Å². The van der Waals surface area contributed by atoms with Gasteiger partial charge in [-0.2, -0.15) is 18.7 Å². The van der Waals surface area contributed by atoms with Gasteiger partial charge in [-0.15, -0.1) is 0 Å². The molecule has 0 atom stereocenters. The van der Waals surface area contributed by atoms with Crippen molar-refractivity contribution in [3.8, 4) is 16.9 Å². The van der Waals surface area contributed by atoms with Crippen LogP contribution in [0.5, 0.6) is 5.75 Å². The van der Waals surface area contributed by atoms with Gasteiger partial charge in [0.1, 0.15) is 5.69 Å². The quantitative estimate of drug-likeness (QED) is 0.699. The number of nitrogens with one attached hydrogen (secondary N) is 1. The van der Waals surface area contributed by atoms with Crippen molar-refractivity contribution in [1.29, 1.82) is 0 Å². The van der Waals surface area contributed by atoms with Gasteiger partial charge in [-0.1, -0.05) is 42.5 Å². The van der Waals surface area contributed by atoms with Crippen LogP contribution in [-0.2, 0) is 6.18 Å². The summed E-state index contributed by atoms with van der Waals surface area (Å²) in [6.07, 6.45) is -3.05. The van der Waals surface area contributed by atoms with Gasteiger partial charge in [-0.3, -0.25) is 9.78 Å². The summed E-state index contributed by atoms with van der Waals surface area (Å²) in [5.74, 6) is -0.799. The Bertz CT molecular complexity index is 912. The Kier molecular flexibility index (Phi) is 4.88. The molecule has 1 amide bonds. The van der Waals surface area contributed by atoms with E-state index >= 15 is 0 Å². The normalized spacial score (nSPS) is 11.0. The van der Waals surface area contributed by atoms with Gasteiger partial charge in [-0.05, 0) is 29.8 Å². The summed E-state index contributed by atoms with van der Waals surface area (Å²) in [6.45, 7) is 0. The van der Waals surface area contributed by atoms with Crippen molar-refractivity contribution in [1.82, 2.24) is 10.5 Å². The van der Waals surface area contributed by atoms with Crippen LogP contribution in [0.2, 0.25) is 0 Å². The molecule has 1 aromatic heterocycles. The minimum Gasteiger partial charge on any atom is -0.379 e. The average molecular weight is 358 g/mol. The SMILES string of the molecule is O=C(NOc1cccc(C(F)(F)F)c1)c1ncccc1-c1ccccc1. The lowest BCUT2D eigenvalue weighted by Gasteiger charge is -2.11. The van der Waals surface area contributed by atoms with Crippen LogP contribution >= 0.6 is 0 Å². The van der Waals surface area contributed by atoms with Crippen LogP contribution in [0, 0.1) is 0 Å². The second kappa shape index (κ2) is 7.26. The average Bonchev–Trinajstić information content (AvgIpc) is 2.66. The lowest BCUT2D eigenvalue weighted by atomic mass is 10.0. The summed E-state index contributed by atoms with van der Waals surface area (Å²) in [4.78, 5) is 21.4. The monoisotopic (exact) mass is 358 g/mol. The molecule has 26 heavy (non-hydrogen) atoms. The van der Waals surface area contributed by atoms with Crippen molar-refractivity contribution in [3.05, 3.63) is 84.2 Å². The number of pyridine rings is 1. The number of carbonyl (C=O) groups excluding carboxylic acids is 1. The van der Waals surface area contributed by atoms with Crippen LogP contribution in [0.15, 0.2) is 72.9 Å². The summed E-state index contributed by atoms with van der Waals surface area (Å²) in [7, 11) is 0. The number of benzene rings is 2. The first-order valence-electron chi connectivity index (χ1n) is 7.60. The highest BCUT2D eigenvalue weighted by molar-refractivity contribution is 5.98. The van der Waals surface area contributed by atoms with Crippen LogP contribution in [0.3, 0.4) is 0 Å². The van der Waals surface area contributed by atoms with Crippen molar-refractivity contribution in [2.45, 2.75) is 6.18 Å². The lowest BCUT2D eigenvalue weighted by molar-refractivity contribution is -0.137. The van der Waals surface area contributed by atoms with Gasteiger partial charge in [0.15, 0.2) is 5.75 Å². The maximum absolute atomic E-state index is 12.7. The molecule has 1 heterocycles. The van der Waals surface area contributed by atoms with Crippen LogP contribution in [0.1, 0.15) is 16.1 Å². The molecular weight excluding hydrogens is 345 g/mol. The number of halogens is 3. The first-order valence-corrected chi connectivity index (χ1v) is 7.60. The number of carbonyl (C=O) groups is 1. The molecule has 132 valence electrons. The maximum atomic E-state index is 12.7. The molecule has 2 aromatic carbocycles. The lowest BCUT2D eigenvalue weighted by Crippen LogP contribution is -2.28. The highest BCUT2D eigenvalue weighted by Gasteiger charge is 2.30. The number of rotatable bonds is 4. The first kappa shape index (κ1) is 17.5. The van der Waals surface area contributed by atoms with E-state index < -0.39 is 17.6 Å². The largest absolute Gasteiger partial charge is 0.416 e. The molecule has 7 heteroatoms. The summed E-state index contributed by atoms with van der Waals surface area (Å²) >= 11 is 0. The molecule has 4 nitrogen and oxygen atoms in total. The molecule has 0 bridgehead atoms. The zero-order valence-corrected chi connectivity index (χ0v) is 13.3. The minimum atomic E-state index is -4.50. The molecule has 0 saturated heterocycles. The number of nitrogens with zero attached hydrogens (tertiary/aromatic N) is 1. The van der Waals surface area contributed by atoms with Crippen molar-refractivity contribution in [3.63, 3.8) is 0 Å². The van der Waals surface area contributed by atoms with Gasteiger partial charge < -0.3 is 4.84 Å². The standard InChI is InChI=1S/C19H13F3N2O2/c20-19(21,22)14-8-4-9-15(12-14)26-24-18(25)17-16(10-5-11-23-17)13-6-2-1-3-7-13/h1-12H,(H,24,25). The van der Waals surface area contributed by atoms with Gasteiger partial charge in [0.25, 0.3) is 0 Å². The molecule has 0 unspecified atom stereocenters. The number of hydroxylamine groups is 1. The van der Waals surface area contributed by atoms with Gasteiger partial charge in [0.2, 0.25) is 0 Å². The highest BCUT2D eigenvalue weighted by atomic mass is 19.4. The van der Waals surface area contributed by atoms with Gasteiger partial charge in [0.05, 0.1) is 5.56 Å². The van der Waals surface area contributed by atoms with E-state index in [1.165, 1.54) is 18.3 Å². The Labute approximate surface area is 147 Å². The molecule has 0 spiro atoms. The predicted octanol–water partition coefficient (Wildman–Crippen LogP) is 4.49. The van der Waals surface area contributed by atoms with Gasteiger partial charge in [0, 0.05) is 11.8 Å². The second-order valence-electron chi connectivity index (χ2n) is 5.32. The van der Waals surface area contributed by atoms with Crippen LogP contribution < -0.4 is 10.3 Å². The van der Waals surface area contributed by atoms with E-state index in [2.05, 4.69) is 10.5 Å². The zero-order valence-electron chi connectivity index (χ0n) is 13.3. The maximum Gasteiger partial charge on any atom is 0.416 e. The number of amides is 1. The molecule has 1 N–H and O–H groups in total. The minimum absolute atomic E-state index is 0.102. The zero-order chi connectivity index (χ0) is 18.6. The Balaban J connectivity index is 1.78. The molecular formula is C19H13F3N2O2. The summed E-state index contributed by atoms with van der Waals surface area (Å²) in [5, 5.41) is 0. The fourth-order valence-electron chi connectivity index (χ4n) is 2.33. The van der Waals surface area contributed by atoms with Crippen LogP contribution in [0.25, 0.3) is 11.1 Å². The molecule has 0 aliphatic carbocycles. The van der Waals surface area contributed by atoms with Gasteiger partial charge >= 0.3 is 12.1 Å². The van der Waals surface area contributed by atoms with Crippen molar-refractivity contribution >= 4 is 5.91 Å². The Morgan fingerprint density at radius 2 is 1.73 bits per heavy atom. The number of hydrogen-bond donors (Lipinski definition) is 1. The van der Waals surface area contributed by atoms with E-state index in [0.29, 0.717) is 5.56 Å². The number of alkyl halides is 3. The Morgan fingerprint density at radius 1 is 0.962 bits per heavy atom. The fourth-order valence-corrected chi connectivity index (χ4v) is 2.33. The topological polar surface area (TPSA) is 51.2 Å². The van der Waals surface area contributed by atoms with Crippen LogP contribution in [0.4, 0.5) is 13.2 Å². The number of aromatic nitrogens is 1. The van der Waals surface area contributed by atoms with Crippen molar-refractivity contribution in [2.24, 2.45) is 0 Å². The summed E-state index contributed by atoms with van der Waals surface area (Å²) < 4.78 is 38.2. The molecule has 3 aromatic rings. The smallest absolute Gasteiger partial charge is 0.379 e. The molecule has 0 radical (unpaired) electrons. The van der Waals surface area contributed by atoms with E-state index in [4.69, 9.17) is 4.84 Å². The van der Waals surface area contributed by atoms with Crippen LogP contribution in [-0.4, -0.2) is 10.9 Å². The molecule has 0 aliphatic heterocycles. The van der Waals surface area contributed by atoms with E-state index in [1.54, 1.807) is 12.1 Å². The molecule has 0 aliphatic rings. The van der Waals surface area contributed by atoms with E-state index in [0.717, 1.165) is 17.7 Å². The Morgan fingerprint density at radius 3 is 2.46 bits per heavy atom. The molecule has 0 fully saturated rings. The third kappa shape index (κ3) is 4.00. The first-order chi connectivity index (χ1) is 12.4. The Hall–Kier alpha value is -3.35. The van der Waals surface area contributed by atoms with E-state index in [-0.39, 0.29) is 11.4 Å². The van der Waals surface area contributed by atoms with Crippen molar-refractivity contribution < 1.29 is 22.8 Å². The number of hydrogen-bond acceptors (Lipinski definition) is 3. The third-order valence-electron chi connectivity index (χ3n) is 3.53. The summed E-state index contributed by atoms with van der Waals surface area (Å²) in [6, 6.07) is 16.8. The van der Waals surface area contributed by atoms with Gasteiger partial charge in [-0.25, -0.2) is 0 Å². The van der Waals surface area contributed by atoms with Crippen molar-refractivity contribution in [2.75, 3.05) is 0 Å². The molecule has 0 saturated carbocycles. The third-order valence-corrected chi connectivity index (χ3v) is 3.53. The highest BCUT2D eigenvalue weighted by Crippen LogP contribution is 2.31. The summed E-state index contributed by atoms with van der Waals surface area (Å²) in [5.41, 5.74) is 2.73. The predicted molar refractivity (Wildman–Crippen MR) is 89.2 cm³/mol. The second-order valence-corrected chi connectivity index (χ2v) is 5.32. The molecule has 3 rings (SSSR count).